The van der Waals surface area contributed by atoms with E-state index in [-0.39, 0.29) is 5.56 Å². The van der Waals surface area contributed by atoms with Gasteiger partial charge < -0.3 is 5.11 Å². The topological polar surface area (TPSA) is 63.1 Å². The van der Waals surface area contributed by atoms with Gasteiger partial charge in [-0.1, -0.05) is 23.7 Å². The summed E-state index contributed by atoms with van der Waals surface area (Å²) in [7, 11) is 0. The zero-order valence-electron chi connectivity index (χ0n) is 11.2. The van der Waals surface area contributed by atoms with Crippen LogP contribution in [-0.4, -0.2) is 21.0 Å². The second kappa shape index (κ2) is 5.14. The summed E-state index contributed by atoms with van der Waals surface area (Å²) < 4.78 is 0. The van der Waals surface area contributed by atoms with Crippen molar-refractivity contribution in [1.82, 2.24) is 9.97 Å². The number of carbonyl (C=O) groups is 1. The number of carboxylic acids is 1. The van der Waals surface area contributed by atoms with Gasteiger partial charge in [0.25, 0.3) is 0 Å². The molecule has 0 saturated heterocycles. The average molecular weight is 299 g/mol. The summed E-state index contributed by atoms with van der Waals surface area (Å²) in [4.78, 5) is 20.0. The summed E-state index contributed by atoms with van der Waals surface area (Å²) in [5.41, 5.74) is 3.87. The lowest BCUT2D eigenvalue weighted by Gasteiger charge is -2.07. The lowest BCUT2D eigenvalue weighted by Crippen LogP contribution is -1.99. The highest BCUT2D eigenvalue weighted by Crippen LogP contribution is 2.24. The summed E-state index contributed by atoms with van der Waals surface area (Å²) in [6.07, 6.45) is 0. The summed E-state index contributed by atoms with van der Waals surface area (Å²) in [5, 5.41) is 9.67. The third-order valence-corrected chi connectivity index (χ3v) is 3.46. The number of halogens is 1. The second-order valence-corrected chi connectivity index (χ2v) is 5.11. The van der Waals surface area contributed by atoms with E-state index in [1.54, 1.807) is 18.2 Å². The van der Waals surface area contributed by atoms with E-state index in [2.05, 4.69) is 9.97 Å². The molecule has 21 heavy (non-hydrogen) atoms. The first-order valence-corrected chi connectivity index (χ1v) is 6.70. The van der Waals surface area contributed by atoms with Crippen molar-refractivity contribution in [2.24, 2.45) is 0 Å². The molecule has 0 aliphatic heterocycles. The summed E-state index contributed by atoms with van der Waals surface area (Å²) >= 11 is 5.89. The summed E-state index contributed by atoms with van der Waals surface area (Å²) in [6.45, 7) is 1.85. The van der Waals surface area contributed by atoms with Crippen LogP contribution in [0.4, 0.5) is 0 Å². The van der Waals surface area contributed by atoms with Crippen molar-refractivity contribution in [2.75, 3.05) is 0 Å². The maximum Gasteiger partial charge on any atom is 0.335 e. The van der Waals surface area contributed by atoms with Gasteiger partial charge in [-0.2, -0.15) is 0 Å². The van der Waals surface area contributed by atoms with Gasteiger partial charge in [0, 0.05) is 10.6 Å². The molecular formula is C16H11ClN2O2. The minimum atomic E-state index is -0.974. The maximum atomic E-state index is 11.0. The van der Waals surface area contributed by atoms with Crippen LogP contribution in [0.25, 0.3) is 22.3 Å². The molecule has 3 rings (SSSR count). The Kier molecular flexibility index (Phi) is 3.31. The Bertz CT molecular complexity index is 845. The predicted octanol–water partition coefficient (Wildman–Crippen LogP) is 3.96. The van der Waals surface area contributed by atoms with Gasteiger partial charge in [0.15, 0.2) is 0 Å². The first-order valence-electron chi connectivity index (χ1n) is 6.32. The van der Waals surface area contributed by atoms with Gasteiger partial charge in [0.2, 0.25) is 0 Å². The van der Waals surface area contributed by atoms with E-state index in [4.69, 9.17) is 16.7 Å². The summed E-state index contributed by atoms with van der Waals surface area (Å²) in [5.74, 6) is -0.974. The normalized spacial score (nSPS) is 10.8. The molecule has 0 atom stereocenters. The van der Waals surface area contributed by atoms with Crippen molar-refractivity contribution in [3.05, 3.63) is 58.7 Å². The van der Waals surface area contributed by atoms with Gasteiger partial charge in [-0.05, 0) is 37.3 Å². The fourth-order valence-corrected chi connectivity index (χ4v) is 2.28. The van der Waals surface area contributed by atoms with Crippen LogP contribution in [0.5, 0.6) is 0 Å². The van der Waals surface area contributed by atoms with Crippen LogP contribution >= 0.6 is 11.6 Å². The highest BCUT2D eigenvalue weighted by atomic mass is 35.5. The van der Waals surface area contributed by atoms with Crippen molar-refractivity contribution in [1.29, 1.82) is 0 Å². The molecule has 5 heteroatoms. The Labute approximate surface area is 126 Å². The highest BCUT2D eigenvalue weighted by molar-refractivity contribution is 6.30. The smallest absolute Gasteiger partial charge is 0.335 e. The second-order valence-electron chi connectivity index (χ2n) is 4.67. The van der Waals surface area contributed by atoms with Gasteiger partial charge in [0.1, 0.15) is 0 Å². The quantitative estimate of drug-likeness (QED) is 0.778. The molecule has 104 valence electrons. The number of fused-ring (bicyclic) bond motifs is 1. The largest absolute Gasteiger partial charge is 0.478 e. The van der Waals surface area contributed by atoms with Crippen LogP contribution in [0.15, 0.2) is 42.5 Å². The van der Waals surface area contributed by atoms with Gasteiger partial charge >= 0.3 is 5.97 Å². The molecule has 0 saturated carbocycles. The zero-order valence-corrected chi connectivity index (χ0v) is 11.9. The minimum absolute atomic E-state index is 0.204. The van der Waals surface area contributed by atoms with E-state index in [0.29, 0.717) is 16.1 Å². The van der Waals surface area contributed by atoms with E-state index in [9.17, 15) is 4.79 Å². The number of aromatic nitrogens is 2. The molecular weight excluding hydrogens is 288 g/mol. The molecule has 0 aliphatic rings. The van der Waals surface area contributed by atoms with Gasteiger partial charge in [0.05, 0.1) is 28.0 Å². The molecule has 0 fully saturated rings. The van der Waals surface area contributed by atoms with Crippen LogP contribution in [0.1, 0.15) is 16.1 Å². The Morgan fingerprint density at radius 2 is 1.76 bits per heavy atom. The molecule has 4 nitrogen and oxygen atoms in total. The fourth-order valence-electron chi connectivity index (χ4n) is 2.16. The van der Waals surface area contributed by atoms with Crippen LogP contribution < -0.4 is 0 Å². The third-order valence-electron chi connectivity index (χ3n) is 3.20. The van der Waals surface area contributed by atoms with Crippen LogP contribution in [0.2, 0.25) is 5.02 Å². The Morgan fingerprint density at radius 1 is 1.05 bits per heavy atom. The van der Waals surface area contributed by atoms with E-state index in [0.717, 1.165) is 17.0 Å². The molecule has 0 amide bonds. The van der Waals surface area contributed by atoms with Crippen LogP contribution in [0.3, 0.4) is 0 Å². The molecule has 1 N–H and O–H groups in total. The zero-order chi connectivity index (χ0) is 15.0. The number of carboxylic acid groups (broad SMARTS) is 1. The molecule has 0 radical (unpaired) electrons. The number of benzene rings is 2. The monoisotopic (exact) mass is 298 g/mol. The van der Waals surface area contributed by atoms with Gasteiger partial charge in [-0.3, -0.25) is 0 Å². The number of aryl methyl sites for hydroxylation is 1. The van der Waals surface area contributed by atoms with Crippen molar-refractivity contribution >= 4 is 28.6 Å². The van der Waals surface area contributed by atoms with Gasteiger partial charge in [-0.25, -0.2) is 14.8 Å². The van der Waals surface area contributed by atoms with E-state index >= 15 is 0 Å². The highest BCUT2D eigenvalue weighted by Gasteiger charge is 2.10. The molecule has 0 unspecified atom stereocenters. The standard InChI is InChI=1S/C16H11ClN2O2/c1-9-15(10-2-5-12(17)6-3-10)19-13-7-4-11(16(20)21)8-14(13)18-9/h2-8H,1H3,(H,20,21). The average Bonchev–Trinajstić information content (AvgIpc) is 2.47. The van der Waals surface area contributed by atoms with Crippen LogP contribution in [0, 0.1) is 6.92 Å². The maximum absolute atomic E-state index is 11.0. The molecule has 1 aromatic heterocycles. The van der Waals surface area contributed by atoms with E-state index in [1.807, 2.05) is 19.1 Å². The third kappa shape index (κ3) is 2.58. The minimum Gasteiger partial charge on any atom is -0.478 e. The number of nitrogens with zero attached hydrogens (tertiary/aromatic N) is 2. The lowest BCUT2D eigenvalue weighted by molar-refractivity contribution is 0.0697. The molecule has 0 aliphatic carbocycles. The summed E-state index contributed by atoms with van der Waals surface area (Å²) in [6, 6.07) is 12.1. The number of hydrogen-bond donors (Lipinski definition) is 1. The van der Waals surface area contributed by atoms with Crippen molar-refractivity contribution < 1.29 is 9.90 Å². The first kappa shape index (κ1) is 13.5. The van der Waals surface area contributed by atoms with Crippen molar-refractivity contribution in [2.45, 2.75) is 6.92 Å². The Balaban J connectivity index is 2.17. The number of rotatable bonds is 2. The van der Waals surface area contributed by atoms with Crippen LogP contribution in [-0.2, 0) is 0 Å². The molecule has 2 aromatic carbocycles. The predicted molar refractivity (Wildman–Crippen MR) is 81.7 cm³/mol. The van der Waals surface area contributed by atoms with Crippen molar-refractivity contribution in [3.8, 4) is 11.3 Å². The van der Waals surface area contributed by atoms with Gasteiger partial charge in [-0.15, -0.1) is 0 Å². The lowest BCUT2D eigenvalue weighted by atomic mass is 10.1. The Hall–Kier alpha value is -2.46. The molecule has 3 aromatic rings. The van der Waals surface area contributed by atoms with E-state index < -0.39 is 5.97 Å². The fraction of sp³-hybridized carbons (Fsp3) is 0.0625. The number of hydrogen-bond acceptors (Lipinski definition) is 3. The molecule has 1 heterocycles. The number of aromatic carboxylic acids is 1. The van der Waals surface area contributed by atoms with Crippen molar-refractivity contribution in [3.63, 3.8) is 0 Å². The molecule has 0 spiro atoms. The first-order chi connectivity index (χ1) is 10.0. The molecule has 0 bridgehead atoms. The van der Waals surface area contributed by atoms with E-state index in [1.165, 1.54) is 12.1 Å². The SMILES string of the molecule is Cc1nc2cc(C(=O)O)ccc2nc1-c1ccc(Cl)cc1. The Morgan fingerprint density at radius 3 is 2.43 bits per heavy atom.